The van der Waals surface area contributed by atoms with Gasteiger partial charge in [-0.25, -0.2) is 4.98 Å². The highest BCUT2D eigenvalue weighted by Crippen LogP contribution is 2.28. The Morgan fingerprint density at radius 3 is 2.81 bits per heavy atom. The van der Waals surface area contributed by atoms with Crippen LogP contribution in [0, 0.1) is 10.1 Å². The van der Waals surface area contributed by atoms with Gasteiger partial charge in [0, 0.05) is 24.4 Å². The van der Waals surface area contributed by atoms with Gasteiger partial charge in [0.2, 0.25) is 5.91 Å². The molecule has 1 amide bonds. The maximum absolute atomic E-state index is 12.5. The summed E-state index contributed by atoms with van der Waals surface area (Å²) < 4.78 is 2.07. The summed E-state index contributed by atoms with van der Waals surface area (Å²) in [5.74, 6) is -0.231. The fraction of sp³-hybridized carbons (Fsp3) is 0.222. The summed E-state index contributed by atoms with van der Waals surface area (Å²) in [7, 11) is 0. The van der Waals surface area contributed by atoms with E-state index in [1.807, 2.05) is 31.2 Å². The molecule has 1 heterocycles. The van der Waals surface area contributed by atoms with E-state index in [0.29, 0.717) is 5.69 Å². The molecule has 0 fully saturated rings. The molecule has 134 valence electrons. The molecule has 0 aliphatic carbocycles. The van der Waals surface area contributed by atoms with E-state index >= 15 is 0 Å². The molecule has 0 saturated heterocycles. The number of imidazole rings is 1. The highest BCUT2D eigenvalue weighted by atomic mass is 32.2. The predicted octanol–water partition coefficient (Wildman–Crippen LogP) is 4.08. The lowest BCUT2D eigenvalue weighted by Crippen LogP contribution is -2.23. The summed E-state index contributed by atoms with van der Waals surface area (Å²) in [4.78, 5) is 27.4. The van der Waals surface area contributed by atoms with E-state index in [-0.39, 0.29) is 11.6 Å². The van der Waals surface area contributed by atoms with E-state index in [1.54, 1.807) is 19.1 Å². The van der Waals surface area contributed by atoms with Crippen LogP contribution < -0.4 is 5.32 Å². The zero-order valence-electron chi connectivity index (χ0n) is 14.4. The number of nitro benzene ring substituents is 1. The van der Waals surface area contributed by atoms with Gasteiger partial charge in [-0.15, -0.1) is 0 Å². The summed E-state index contributed by atoms with van der Waals surface area (Å²) in [5, 5.41) is 13.9. The Kier molecular flexibility index (Phi) is 5.22. The van der Waals surface area contributed by atoms with E-state index in [0.717, 1.165) is 22.7 Å². The summed E-state index contributed by atoms with van der Waals surface area (Å²) >= 11 is 1.36. The van der Waals surface area contributed by atoms with Crippen LogP contribution in [0.5, 0.6) is 0 Å². The Bertz CT molecular complexity index is 970. The minimum atomic E-state index is -0.489. The minimum Gasteiger partial charge on any atom is -0.325 e. The Morgan fingerprint density at radius 1 is 1.31 bits per heavy atom. The van der Waals surface area contributed by atoms with Gasteiger partial charge in [-0.1, -0.05) is 30.0 Å². The molecule has 0 aliphatic rings. The van der Waals surface area contributed by atoms with Crippen molar-refractivity contribution >= 4 is 40.1 Å². The highest BCUT2D eigenvalue weighted by Gasteiger charge is 2.19. The predicted molar refractivity (Wildman–Crippen MR) is 102 cm³/mol. The van der Waals surface area contributed by atoms with Crippen molar-refractivity contribution in [3.05, 3.63) is 58.6 Å². The number of carbonyl (C=O) groups excluding carboxylic acids is 1. The van der Waals surface area contributed by atoms with Crippen LogP contribution in [-0.4, -0.2) is 25.6 Å². The van der Waals surface area contributed by atoms with Crippen molar-refractivity contribution in [3.63, 3.8) is 0 Å². The highest BCUT2D eigenvalue weighted by molar-refractivity contribution is 8.00. The minimum absolute atomic E-state index is 0.0594. The topological polar surface area (TPSA) is 90.1 Å². The third kappa shape index (κ3) is 3.70. The van der Waals surface area contributed by atoms with Crippen LogP contribution in [0.25, 0.3) is 11.0 Å². The first-order valence-electron chi connectivity index (χ1n) is 8.17. The number of hydrogen-bond donors (Lipinski definition) is 1. The Labute approximate surface area is 154 Å². The van der Waals surface area contributed by atoms with Crippen molar-refractivity contribution < 1.29 is 9.72 Å². The number of aryl methyl sites for hydroxylation is 1. The van der Waals surface area contributed by atoms with Crippen LogP contribution in [0.1, 0.15) is 13.8 Å². The quantitative estimate of drug-likeness (QED) is 0.401. The fourth-order valence-corrected chi connectivity index (χ4v) is 3.59. The van der Waals surface area contributed by atoms with Crippen molar-refractivity contribution in [1.82, 2.24) is 9.55 Å². The molecule has 1 atom stereocenters. The van der Waals surface area contributed by atoms with Gasteiger partial charge in [0.1, 0.15) is 0 Å². The van der Waals surface area contributed by atoms with Gasteiger partial charge in [-0.2, -0.15) is 0 Å². The van der Waals surface area contributed by atoms with Crippen LogP contribution in [0.2, 0.25) is 0 Å². The van der Waals surface area contributed by atoms with Gasteiger partial charge >= 0.3 is 0 Å². The van der Waals surface area contributed by atoms with Crippen LogP contribution in [0.4, 0.5) is 11.4 Å². The molecule has 1 N–H and O–H groups in total. The molecule has 7 nitrogen and oxygen atoms in total. The number of nitrogens with zero attached hydrogens (tertiary/aromatic N) is 3. The summed E-state index contributed by atoms with van der Waals surface area (Å²) in [6, 6.07) is 13.7. The number of nitrogens with one attached hydrogen (secondary N) is 1. The number of carbonyl (C=O) groups is 1. The van der Waals surface area contributed by atoms with Gasteiger partial charge in [0.15, 0.2) is 5.16 Å². The van der Waals surface area contributed by atoms with Crippen LogP contribution in [0.15, 0.2) is 53.7 Å². The third-order valence-corrected chi connectivity index (χ3v) is 5.00. The molecular formula is C18H18N4O3S. The molecule has 2 aromatic carbocycles. The van der Waals surface area contributed by atoms with Crippen LogP contribution >= 0.6 is 11.8 Å². The van der Waals surface area contributed by atoms with Gasteiger partial charge in [-0.05, 0) is 32.0 Å². The van der Waals surface area contributed by atoms with E-state index in [4.69, 9.17) is 0 Å². The third-order valence-electron chi connectivity index (χ3n) is 3.91. The van der Waals surface area contributed by atoms with Crippen LogP contribution in [0.3, 0.4) is 0 Å². The smallest absolute Gasteiger partial charge is 0.271 e. The van der Waals surface area contributed by atoms with Gasteiger partial charge in [-0.3, -0.25) is 14.9 Å². The summed E-state index contributed by atoms with van der Waals surface area (Å²) in [5.41, 5.74) is 2.27. The van der Waals surface area contributed by atoms with Crippen molar-refractivity contribution in [3.8, 4) is 0 Å². The van der Waals surface area contributed by atoms with E-state index in [2.05, 4.69) is 14.9 Å². The number of anilines is 1. The lowest BCUT2D eigenvalue weighted by atomic mass is 10.2. The lowest BCUT2D eigenvalue weighted by Gasteiger charge is -2.12. The normalized spacial score (nSPS) is 12.1. The molecule has 0 aliphatic heterocycles. The Balaban J connectivity index is 1.75. The first-order valence-corrected chi connectivity index (χ1v) is 9.04. The molecule has 0 radical (unpaired) electrons. The molecular weight excluding hydrogens is 352 g/mol. The number of thioether (sulfide) groups is 1. The van der Waals surface area contributed by atoms with Gasteiger partial charge in [0.05, 0.1) is 21.2 Å². The van der Waals surface area contributed by atoms with Crippen molar-refractivity contribution in [2.24, 2.45) is 0 Å². The standard InChI is InChI=1S/C18H18N4O3S/c1-3-21-16-10-5-4-9-15(16)20-18(21)26-12(2)17(23)19-13-7-6-8-14(11-13)22(24)25/h4-12H,3H2,1-2H3,(H,19,23)/t12-/m0/s1. The SMILES string of the molecule is CCn1c(S[C@@H](C)C(=O)Nc2cccc([N+](=O)[O-])c2)nc2ccccc21. The molecule has 0 saturated carbocycles. The van der Waals surface area contributed by atoms with Crippen molar-refractivity contribution in [2.75, 3.05) is 5.32 Å². The maximum Gasteiger partial charge on any atom is 0.271 e. The largest absolute Gasteiger partial charge is 0.325 e. The molecule has 3 rings (SSSR count). The lowest BCUT2D eigenvalue weighted by molar-refractivity contribution is -0.384. The number of hydrogen-bond acceptors (Lipinski definition) is 5. The number of fused-ring (bicyclic) bond motifs is 1. The first kappa shape index (κ1) is 17.9. The van der Waals surface area contributed by atoms with Gasteiger partial charge < -0.3 is 9.88 Å². The maximum atomic E-state index is 12.5. The summed E-state index contributed by atoms with van der Waals surface area (Å²) in [6.07, 6.45) is 0. The van der Waals surface area contributed by atoms with Crippen LogP contribution in [-0.2, 0) is 11.3 Å². The monoisotopic (exact) mass is 370 g/mol. The number of nitro groups is 1. The second kappa shape index (κ2) is 7.57. The number of benzene rings is 2. The molecule has 0 unspecified atom stereocenters. The van der Waals surface area contributed by atoms with E-state index < -0.39 is 10.2 Å². The average Bonchev–Trinajstić information content (AvgIpc) is 2.98. The molecule has 0 spiro atoms. The second-order valence-corrected chi connectivity index (χ2v) is 6.99. The Hall–Kier alpha value is -2.87. The molecule has 26 heavy (non-hydrogen) atoms. The second-order valence-electron chi connectivity index (χ2n) is 5.68. The van der Waals surface area contributed by atoms with Gasteiger partial charge in [0.25, 0.3) is 5.69 Å². The molecule has 1 aromatic heterocycles. The molecule has 8 heteroatoms. The fourth-order valence-electron chi connectivity index (χ4n) is 2.60. The Morgan fingerprint density at radius 2 is 2.08 bits per heavy atom. The van der Waals surface area contributed by atoms with Crippen molar-refractivity contribution in [2.45, 2.75) is 30.8 Å². The zero-order chi connectivity index (χ0) is 18.7. The molecule has 3 aromatic rings. The number of aromatic nitrogens is 2. The summed E-state index contributed by atoms with van der Waals surface area (Å²) in [6.45, 7) is 4.57. The number of non-ortho nitro benzene ring substituents is 1. The first-order chi connectivity index (χ1) is 12.5. The van der Waals surface area contributed by atoms with E-state index in [9.17, 15) is 14.9 Å². The molecule has 0 bridgehead atoms. The van der Waals surface area contributed by atoms with Crippen molar-refractivity contribution in [1.29, 1.82) is 0 Å². The average molecular weight is 370 g/mol. The number of amides is 1. The number of para-hydroxylation sites is 2. The van der Waals surface area contributed by atoms with E-state index in [1.165, 1.54) is 23.9 Å². The zero-order valence-corrected chi connectivity index (χ0v) is 15.2. The number of rotatable bonds is 6.